The molecule has 4 aromatic rings. The Bertz CT molecular complexity index is 1480. The quantitative estimate of drug-likeness (QED) is 0.467. The number of rotatable bonds is 5. The monoisotopic (exact) mass is 486 g/mol. The van der Waals surface area contributed by atoms with Crippen molar-refractivity contribution < 1.29 is 0 Å². The van der Waals surface area contributed by atoms with E-state index in [-0.39, 0.29) is 16.7 Å². The lowest BCUT2D eigenvalue weighted by Crippen LogP contribution is -2.47. The smallest absolute Gasteiger partial charge is 0.328 e. The second-order valence-corrected chi connectivity index (χ2v) is 10.5. The van der Waals surface area contributed by atoms with Crippen LogP contribution in [0.4, 0.5) is 5.69 Å². The summed E-state index contributed by atoms with van der Waals surface area (Å²) in [5.41, 5.74) is 5.56. The lowest BCUT2D eigenvalue weighted by molar-refractivity contribution is 0.248. The van der Waals surface area contributed by atoms with Crippen molar-refractivity contribution in [3.63, 3.8) is 0 Å². The van der Waals surface area contributed by atoms with Crippen molar-refractivity contribution in [1.82, 2.24) is 23.8 Å². The lowest BCUT2D eigenvalue weighted by atomic mass is 9.86. The van der Waals surface area contributed by atoms with Gasteiger partial charge in [0.15, 0.2) is 5.65 Å². The van der Waals surface area contributed by atoms with Gasteiger partial charge in [-0.05, 0) is 30.0 Å². The van der Waals surface area contributed by atoms with E-state index in [2.05, 4.69) is 82.6 Å². The molecule has 188 valence electrons. The van der Waals surface area contributed by atoms with Gasteiger partial charge in [-0.3, -0.25) is 14.7 Å². The standard InChI is InChI=1S/C28H34N6O2/c1-5-32-18-21(26(35)30-27(32)36)17-31-13-15-33(16-14-31)24-7-6-12-34-19-23(29-25(24)34)20-8-10-22(11-9-20)28(2,3)4/h6-12,18-19H,5,13-17H2,1-4H3,(H,30,35,36). The molecule has 5 rings (SSSR count). The molecule has 1 fully saturated rings. The van der Waals surface area contributed by atoms with E-state index in [1.807, 2.05) is 13.1 Å². The number of nitrogens with one attached hydrogen (secondary N) is 1. The first-order valence-electron chi connectivity index (χ1n) is 12.6. The Hall–Kier alpha value is -3.65. The van der Waals surface area contributed by atoms with Crippen LogP contribution < -0.4 is 16.1 Å². The molecule has 0 saturated carbocycles. The van der Waals surface area contributed by atoms with Crippen LogP contribution in [0.2, 0.25) is 0 Å². The van der Waals surface area contributed by atoms with Gasteiger partial charge in [0.1, 0.15) is 0 Å². The zero-order chi connectivity index (χ0) is 25.4. The molecule has 1 aliphatic rings. The molecule has 8 nitrogen and oxygen atoms in total. The number of H-pyrrole nitrogens is 1. The molecule has 0 radical (unpaired) electrons. The molecule has 4 heterocycles. The number of nitrogens with zero attached hydrogens (tertiary/aromatic N) is 5. The summed E-state index contributed by atoms with van der Waals surface area (Å²) in [6, 6.07) is 12.9. The Kier molecular flexibility index (Phi) is 6.30. The zero-order valence-electron chi connectivity index (χ0n) is 21.5. The molecule has 0 aliphatic carbocycles. The number of benzene rings is 1. The van der Waals surface area contributed by atoms with E-state index >= 15 is 0 Å². The number of aromatic amines is 1. The molecule has 1 saturated heterocycles. The van der Waals surface area contributed by atoms with E-state index in [9.17, 15) is 9.59 Å². The summed E-state index contributed by atoms with van der Waals surface area (Å²) in [4.78, 5) is 36.2. The van der Waals surface area contributed by atoms with Crippen molar-refractivity contribution in [2.45, 2.75) is 46.2 Å². The third-order valence-electron chi connectivity index (χ3n) is 7.04. The van der Waals surface area contributed by atoms with Crippen LogP contribution in [0.1, 0.15) is 38.8 Å². The maximum Gasteiger partial charge on any atom is 0.328 e. The van der Waals surface area contributed by atoms with Crippen LogP contribution in [0.25, 0.3) is 16.9 Å². The van der Waals surface area contributed by atoms with Gasteiger partial charge in [0, 0.05) is 69.0 Å². The minimum Gasteiger partial charge on any atom is -0.366 e. The maximum absolute atomic E-state index is 12.3. The minimum atomic E-state index is -0.353. The summed E-state index contributed by atoms with van der Waals surface area (Å²) in [6.07, 6.45) is 5.83. The molecule has 0 bridgehead atoms. The van der Waals surface area contributed by atoms with Crippen molar-refractivity contribution in [2.75, 3.05) is 31.1 Å². The first kappa shape index (κ1) is 24.1. The van der Waals surface area contributed by atoms with Crippen LogP contribution in [0.3, 0.4) is 0 Å². The number of aromatic nitrogens is 4. The van der Waals surface area contributed by atoms with Crippen LogP contribution in [0.15, 0.2) is 64.6 Å². The number of hydrogen-bond donors (Lipinski definition) is 1. The van der Waals surface area contributed by atoms with Crippen LogP contribution in [0, 0.1) is 0 Å². The number of hydrogen-bond acceptors (Lipinski definition) is 5. The average Bonchev–Trinajstić information content (AvgIpc) is 3.30. The van der Waals surface area contributed by atoms with Crippen LogP contribution in [-0.2, 0) is 18.5 Å². The van der Waals surface area contributed by atoms with Crippen molar-refractivity contribution in [3.8, 4) is 11.3 Å². The number of anilines is 1. The van der Waals surface area contributed by atoms with Gasteiger partial charge in [0.05, 0.1) is 11.4 Å². The van der Waals surface area contributed by atoms with E-state index in [0.29, 0.717) is 18.7 Å². The number of piperazine rings is 1. The Morgan fingerprint density at radius 3 is 2.36 bits per heavy atom. The van der Waals surface area contributed by atoms with E-state index in [0.717, 1.165) is 48.8 Å². The van der Waals surface area contributed by atoms with Gasteiger partial charge in [-0.25, -0.2) is 9.78 Å². The maximum atomic E-state index is 12.3. The Morgan fingerprint density at radius 1 is 0.972 bits per heavy atom. The molecule has 36 heavy (non-hydrogen) atoms. The van der Waals surface area contributed by atoms with Gasteiger partial charge < -0.3 is 13.9 Å². The molecule has 0 spiro atoms. The van der Waals surface area contributed by atoms with Gasteiger partial charge in [-0.2, -0.15) is 0 Å². The lowest BCUT2D eigenvalue weighted by Gasteiger charge is -2.36. The van der Waals surface area contributed by atoms with E-state index in [1.54, 1.807) is 10.8 Å². The summed E-state index contributed by atoms with van der Waals surface area (Å²) < 4.78 is 3.64. The number of aryl methyl sites for hydroxylation is 1. The second-order valence-electron chi connectivity index (χ2n) is 10.5. The van der Waals surface area contributed by atoms with Crippen molar-refractivity contribution in [2.24, 2.45) is 0 Å². The number of imidazole rings is 1. The van der Waals surface area contributed by atoms with Crippen molar-refractivity contribution in [3.05, 3.63) is 87.0 Å². The van der Waals surface area contributed by atoms with Crippen molar-refractivity contribution in [1.29, 1.82) is 0 Å². The molecule has 1 N–H and O–H groups in total. The third kappa shape index (κ3) is 4.73. The predicted molar refractivity (Wildman–Crippen MR) is 144 cm³/mol. The highest BCUT2D eigenvalue weighted by molar-refractivity contribution is 5.74. The molecule has 1 aromatic carbocycles. The fourth-order valence-corrected chi connectivity index (χ4v) is 4.81. The highest BCUT2D eigenvalue weighted by Gasteiger charge is 2.21. The third-order valence-corrected chi connectivity index (χ3v) is 7.04. The van der Waals surface area contributed by atoms with Gasteiger partial charge in [-0.1, -0.05) is 45.0 Å². The first-order valence-corrected chi connectivity index (χ1v) is 12.6. The Labute approximate surface area is 210 Å². The average molecular weight is 487 g/mol. The van der Waals surface area contributed by atoms with Crippen LogP contribution in [0.5, 0.6) is 0 Å². The molecule has 0 atom stereocenters. The molecule has 3 aromatic heterocycles. The van der Waals surface area contributed by atoms with E-state index < -0.39 is 0 Å². The second kappa shape index (κ2) is 9.43. The fourth-order valence-electron chi connectivity index (χ4n) is 4.81. The molecular formula is C28H34N6O2. The van der Waals surface area contributed by atoms with Gasteiger partial charge in [0.25, 0.3) is 5.56 Å². The predicted octanol–water partition coefficient (Wildman–Crippen LogP) is 3.49. The number of pyridine rings is 1. The summed E-state index contributed by atoms with van der Waals surface area (Å²) in [7, 11) is 0. The fraction of sp³-hybridized carbons (Fsp3) is 0.393. The molecular weight excluding hydrogens is 452 g/mol. The SMILES string of the molecule is CCn1cc(CN2CCN(c3cccn4cc(-c5ccc(C(C)(C)C)cc5)nc34)CC2)c(=O)[nH]c1=O. The molecule has 0 amide bonds. The highest BCUT2D eigenvalue weighted by atomic mass is 16.2. The van der Waals surface area contributed by atoms with Gasteiger partial charge in [0.2, 0.25) is 0 Å². The van der Waals surface area contributed by atoms with Crippen LogP contribution >= 0.6 is 0 Å². The normalized spacial score (nSPS) is 15.1. The molecule has 8 heteroatoms. The Morgan fingerprint density at radius 2 is 1.69 bits per heavy atom. The Balaban J connectivity index is 1.32. The summed E-state index contributed by atoms with van der Waals surface area (Å²) in [5, 5.41) is 0. The topological polar surface area (TPSA) is 78.6 Å². The number of fused-ring (bicyclic) bond motifs is 1. The minimum absolute atomic E-state index is 0.122. The summed E-state index contributed by atoms with van der Waals surface area (Å²) in [6.45, 7) is 13.0. The first-order chi connectivity index (χ1) is 17.2. The van der Waals surface area contributed by atoms with Crippen LogP contribution in [-0.4, -0.2) is 50.0 Å². The molecule has 1 aliphatic heterocycles. The highest BCUT2D eigenvalue weighted by Crippen LogP contribution is 2.29. The zero-order valence-corrected chi connectivity index (χ0v) is 21.5. The summed E-state index contributed by atoms with van der Waals surface area (Å²) >= 11 is 0. The summed E-state index contributed by atoms with van der Waals surface area (Å²) in [5.74, 6) is 0. The van der Waals surface area contributed by atoms with E-state index in [1.165, 1.54) is 5.56 Å². The largest absolute Gasteiger partial charge is 0.366 e. The van der Waals surface area contributed by atoms with E-state index in [4.69, 9.17) is 4.98 Å². The van der Waals surface area contributed by atoms with Crippen molar-refractivity contribution >= 4 is 11.3 Å². The van der Waals surface area contributed by atoms with Gasteiger partial charge in [-0.15, -0.1) is 0 Å². The molecule has 0 unspecified atom stereocenters. The van der Waals surface area contributed by atoms with Gasteiger partial charge >= 0.3 is 5.69 Å².